The first-order chi connectivity index (χ1) is 9.70. The van der Waals surface area contributed by atoms with Crippen LogP contribution in [-0.4, -0.2) is 21.9 Å². The van der Waals surface area contributed by atoms with Crippen LogP contribution in [0.15, 0.2) is 36.0 Å². The van der Waals surface area contributed by atoms with Crippen molar-refractivity contribution in [2.24, 2.45) is 7.05 Å². The molecule has 0 atom stereocenters. The second-order valence-electron chi connectivity index (χ2n) is 4.32. The molecule has 3 heterocycles. The minimum Gasteiger partial charge on any atom is -0.496 e. The van der Waals surface area contributed by atoms with Gasteiger partial charge >= 0.3 is 0 Å². The van der Waals surface area contributed by atoms with Gasteiger partial charge in [0.05, 0.1) is 17.6 Å². The predicted molar refractivity (Wildman–Crippen MR) is 80.7 cm³/mol. The van der Waals surface area contributed by atoms with E-state index in [1.54, 1.807) is 35.5 Å². The number of aryl methyl sites for hydroxylation is 1. The molecule has 0 amide bonds. The number of nitrogens with two attached hydrogens (primary N) is 1. The Kier molecular flexibility index (Phi) is 3.15. The molecule has 0 saturated carbocycles. The smallest absolute Gasteiger partial charge is 0.130 e. The van der Waals surface area contributed by atoms with E-state index < -0.39 is 0 Å². The van der Waals surface area contributed by atoms with E-state index in [1.165, 1.54) is 0 Å². The molecule has 3 aromatic heterocycles. The predicted octanol–water partition coefficient (Wildman–Crippen LogP) is 2.80. The molecule has 0 aliphatic heterocycles. The van der Waals surface area contributed by atoms with Gasteiger partial charge < -0.3 is 10.5 Å². The van der Waals surface area contributed by atoms with Crippen molar-refractivity contribution in [2.75, 3.05) is 12.8 Å². The van der Waals surface area contributed by atoms with Gasteiger partial charge in [0.2, 0.25) is 0 Å². The van der Waals surface area contributed by atoms with Gasteiger partial charge in [0.25, 0.3) is 0 Å². The number of hydrogen-bond donors (Lipinski definition) is 1. The van der Waals surface area contributed by atoms with Crippen molar-refractivity contribution in [3.8, 4) is 27.4 Å². The first kappa shape index (κ1) is 12.7. The number of nitrogen functional groups attached to an aromatic ring is 1. The molecule has 0 aliphatic rings. The third kappa shape index (κ3) is 2.04. The maximum atomic E-state index is 6.17. The molecule has 0 aromatic carbocycles. The van der Waals surface area contributed by atoms with Crippen molar-refractivity contribution in [3.05, 3.63) is 36.0 Å². The van der Waals surface area contributed by atoms with E-state index in [9.17, 15) is 0 Å². The van der Waals surface area contributed by atoms with Gasteiger partial charge in [-0.15, -0.1) is 11.3 Å². The van der Waals surface area contributed by atoms with Crippen molar-refractivity contribution < 1.29 is 4.74 Å². The van der Waals surface area contributed by atoms with Crippen LogP contribution in [0.2, 0.25) is 0 Å². The fourth-order valence-corrected chi connectivity index (χ4v) is 2.91. The molecule has 20 heavy (non-hydrogen) atoms. The van der Waals surface area contributed by atoms with Gasteiger partial charge in [-0.3, -0.25) is 9.67 Å². The Hall–Kier alpha value is -2.34. The van der Waals surface area contributed by atoms with E-state index in [0.717, 1.165) is 27.4 Å². The molecule has 0 radical (unpaired) electrons. The molecule has 0 unspecified atom stereocenters. The van der Waals surface area contributed by atoms with Crippen molar-refractivity contribution in [1.29, 1.82) is 0 Å². The largest absolute Gasteiger partial charge is 0.496 e. The van der Waals surface area contributed by atoms with Gasteiger partial charge in [-0.05, 0) is 17.7 Å². The number of aromatic nitrogens is 3. The minimum absolute atomic E-state index is 0.638. The number of pyridine rings is 1. The third-order valence-corrected chi connectivity index (χ3v) is 4.02. The summed E-state index contributed by atoms with van der Waals surface area (Å²) in [5.74, 6) is 1.47. The summed E-state index contributed by atoms with van der Waals surface area (Å²) in [6.07, 6.45) is 3.50. The summed E-state index contributed by atoms with van der Waals surface area (Å²) in [5.41, 5.74) is 8.97. The Morgan fingerprint density at radius 3 is 2.70 bits per heavy atom. The molecule has 0 fully saturated rings. The number of rotatable bonds is 3. The lowest BCUT2D eigenvalue weighted by atomic mass is 10.1. The third-order valence-electron chi connectivity index (χ3n) is 3.11. The van der Waals surface area contributed by atoms with Crippen molar-refractivity contribution in [2.45, 2.75) is 0 Å². The van der Waals surface area contributed by atoms with E-state index in [-0.39, 0.29) is 0 Å². The van der Waals surface area contributed by atoms with Gasteiger partial charge in [0.15, 0.2) is 0 Å². The molecule has 2 N–H and O–H groups in total. The van der Waals surface area contributed by atoms with Crippen LogP contribution in [0.5, 0.6) is 5.75 Å². The standard InChI is InChI=1S/C14H14N4OS/c1-18-14(15)12(9-3-5-16-6-4-9)13(17-18)11-7-10(19-2)8-20-11/h3-8H,15H2,1-2H3. The SMILES string of the molecule is COc1csc(-c2nn(C)c(N)c2-c2ccncc2)c1. The summed E-state index contributed by atoms with van der Waals surface area (Å²) in [4.78, 5) is 5.07. The highest BCUT2D eigenvalue weighted by Crippen LogP contribution is 2.39. The Bertz CT molecular complexity index is 733. The summed E-state index contributed by atoms with van der Waals surface area (Å²) in [6.45, 7) is 0. The number of methoxy groups -OCH3 is 1. The average Bonchev–Trinajstić information content (AvgIpc) is 3.06. The van der Waals surface area contributed by atoms with Gasteiger partial charge in [0.1, 0.15) is 17.3 Å². The quantitative estimate of drug-likeness (QED) is 0.804. The van der Waals surface area contributed by atoms with Crippen LogP contribution in [0.25, 0.3) is 21.7 Å². The molecular formula is C14H14N4OS. The maximum absolute atomic E-state index is 6.17. The molecule has 0 saturated heterocycles. The topological polar surface area (TPSA) is 66.0 Å². The lowest BCUT2D eigenvalue weighted by Crippen LogP contribution is -1.97. The first-order valence-corrected chi connectivity index (χ1v) is 6.94. The highest BCUT2D eigenvalue weighted by atomic mass is 32.1. The average molecular weight is 286 g/mol. The zero-order chi connectivity index (χ0) is 14.1. The summed E-state index contributed by atoms with van der Waals surface area (Å²) in [7, 11) is 3.50. The van der Waals surface area contributed by atoms with E-state index >= 15 is 0 Å². The Labute approximate surface area is 120 Å². The molecule has 3 rings (SSSR count). The summed E-state index contributed by atoms with van der Waals surface area (Å²) < 4.78 is 6.93. The van der Waals surface area contributed by atoms with Crippen molar-refractivity contribution in [3.63, 3.8) is 0 Å². The van der Waals surface area contributed by atoms with Gasteiger partial charge in [-0.25, -0.2) is 0 Å². The van der Waals surface area contributed by atoms with Crippen molar-refractivity contribution >= 4 is 17.2 Å². The molecule has 0 bridgehead atoms. The van der Waals surface area contributed by atoms with Crippen LogP contribution < -0.4 is 10.5 Å². The molecule has 102 valence electrons. The second kappa shape index (κ2) is 4.97. The fourth-order valence-electron chi connectivity index (χ4n) is 2.06. The number of thiophene rings is 1. The van der Waals surface area contributed by atoms with E-state index in [2.05, 4.69) is 10.1 Å². The maximum Gasteiger partial charge on any atom is 0.130 e. The molecule has 5 nitrogen and oxygen atoms in total. The van der Waals surface area contributed by atoms with E-state index in [1.807, 2.05) is 30.6 Å². The van der Waals surface area contributed by atoms with Crippen LogP contribution in [-0.2, 0) is 7.05 Å². The first-order valence-electron chi connectivity index (χ1n) is 6.06. The molecule has 0 spiro atoms. The van der Waals surface area contributed by atoms with Gasteiger partial charge in [-0.1, -0.05) is 0 Å². The molecule has 6 heteroatoms. The zero-order valence-electron chi connectivity index (χ0n) is 11.2. The van der Waals surface area contributed by atoms with Crippen LogP contribution in [0.3, 0.4) is 0 Å². The second-order valence-corrected chi connectivity index (χ2v) is 5.23. The van der Waals surface area contributed by atoms with E-state index in [4.69, 9.17) is 10.5 Å². The Morgan fingerprint density at radius 1 is 1.30 bits per heavy atom. The van der Waals surface area contributed by atoms with Gasteiger partial charge in [-0.2, -0.15) is 5.10 Å². The van der Waals surface area contributed by atoms with Crippen LogP contribution in [0.4, 0.5) is 5.82 Å². The number of hydrogen-bond acceptors (Lipinski definition) is 5. The fraction of sp³-hybridized carbons (Fsp3) is 0.143. The Balaban J connectivity index is 2.19. The molecule has 0 aliphatic carbocycles. The number of anilines is 1. The highest BCUT2D eigenvalue weighted by molar-refractivity contribution is 7.13. The van der Waals surface area contributed by atoms with Crippen LogP contribution in [0, 0.1) is 0 Å². The minimum atomic E-state index is 0.638. The molecule has 3 aromatic rings. The monoisotopic (exact) mass is 286 g/mol. The number of ether oxygens (including phenoxy) is 1. The number of nitrogens with zero attached hydrogens (tertiary/aromatic N) is 3. The lowest BCUT2D eigenvalue weighted by Gasteiger charge is -2.02. The normalized spacial score (nSPS) is 10.7. The molecular weight excluding hydrogens is 272 g/mol. The van der Waals surface area contributed by atoms with E-state index in [0.29, 0.717) is 5.82 Å². The van der Waals surface area contributed by atoms with Gasteiger partial charge in [0, 0.05) is 30.9 Å². The summed E-state index contributed by atoms with van der Waals surface area (Å²) in [5, 5.41) is 6.49. The summed E-state index contributed by atoms with van der Waals surface area (Å²) >= 11 is 1.59. The van der Waals surface area contributed by atoms with Crippen LogP contribution in [0.1, 0.15) is 0 Å². The highest BCUT2D eigenvalue weighted by Gasteiger charge is 2.18. The summed E-state index contributed by atoms with van der Waals surface area (Å²) in [6, 6.07) is 5.83. The zero-order valence-corrected chi connectivity index (χ0v) is 12.0. The van der Waals surface area contributed by atoms with Crippen LogP contribution >= 0.6 is 11.3 Å². The lowest BCUT2D eigenvalue weighted by molar-refractivity contribution is 0.417. The Morgan fingerprint density at radius 2 is 2.05 bits per heavy atom. The van der Waals surface area contributed by atoms with Crippen molar-refractivity contribution in [1.82, 2.24) is 14.8 Å².